The Balaban J connectivity index is 2.02. The van der Waals surface area contributed by atoms with Crippen molar-refractivity contribution in [2.24, 2.45) is 11.8 Å². The Morgan fingerprint density at radius 2 is 2.25 bits per heavy atom. The molecular formula is C13H18N2O. The van der Waals surface area contributed by atoms with Crippen LogP contribution in [-0.4, -0.2) is 19.0 Å². The predicted molar refractivity (Wildman–Crippen MR) is 65.3 cm³/mol. The molecule has 0 bridgehead atoms. The lowest BCUT2D eigenvalue weighted by Crippen LogP contribution is -2.27. The van der Waals surface area contributed by atoms with Crippen molar-refractivity contribution in [2.75, 3.05) is 18.4 Å². The number of hydrogen-bond donors (Lipinski definition) is 2. The number of nitrogens with one attached hydrogen (secondary N) is 2. The van der Waals surface area contributed by atoms with Crippen molar-refractivity contribution in [3.05, 3.63) is 29.8 Å². The molecule has 1 aromatic rings. The van der Waals surface area contributed by atoms with Crippen molar-refractivity contribution in [1.82, 2.24) is 5.32 Å². The molecule has 3 nitrogen and oxygen atoms in total. The van der Waals surface area contributed by atoms with E-state index in [0.717, 1.165) is 24.3 Å². The van der Waals surface area contributed by atoms with Crippen LogP contribution in [0.2, 0.25) is 0 Å². The van der Waals surface area contributed by atoms with Gasteiger partial charge in [-0.05, 0) is 37.1 Å². The van der Waals surface area contributed by atoms with Crippen LogP contribution in [0.15, 0.2) is 24.3 Å². The van der Waals surface area contributed by atoms with Crippen LogP contribution in [0, 0.1) is 18.8 Å². The van der Waals surface area contributed by atoms with Crippen LogP contribution in [0.3, 0.4) is 0 Å². The minimum Gasteiger partial charge on any atom is -0.326 e. The number of rotatable bonds is 2. The van der Waals surface area contributed by atoms with Gasteiger partial charge in [0, 0.05) is 12.2 Å². The third-order valence-corrected chi connectivity index (χ3v) is 3.14. The quantitative estimate of drug-likeness (QED) is 0.794. The fraction of sp³-hybridized carbons (Fsp3) is 0.462. The van der Waals surface area contributed by atoms with Crippen LogP contribution in [0.4, 0.5) is 5.69 Å². The number of benzene rings is 1. The lowest BCUT2D eigenvalue weighted by atomic mass is 9.97. The van der Waals surface area contributed by atoms with Crippen molar-refractivity contribution < 1.29 is 4.79 Å². The summed E-state index contributed by atoms with van der Waals surface area (Å²) in [4.78, 5) is 12.0. The molecule has 0 saturated carbocycles. The summed E-state index contributed by atoms with van der Waals surface area (Å²) in [6, 6.07) is 7.90. The second-order valence-corrected chi connectivity index (χ2v) is 4.60. The molecule has 3 heteroatoms. The van der Waals surface area contributed by atoms with Crippen LogP contribution < -0.4 is 10.6 Å². The van der Waals surface area contributed by atoms with Gasteiger partial charge in [0.1, 0.15) is 0 Å². The van der Waals surface area contributed by atoms with Crippen LogP contribution in [0.25, 0.3) is 0 Å². The van der Waals surface area contributed by atoms with Gasteiger partial charge in [-0.2, -0.15) is 0 Å². The Kier molecular flexibility index (Phi) is 3.25. The fourth-order valence-corrected chi connectivity index (χ4v) is 2.12. The number of carbonyl (C=O) groups is 1. The highest BCUT2D eigenvalue weighted by atomic mass is 16.1. The molecule has 1 amide bonds. The number of carbonyl (C=O) groups excluding carboxylic acids is 1. The standard InChI is InChI=1S/C13H18N2O/c1-9-4-3-5-11(6-9)15-13(16)12-8-14-7-10(12)2/h3-6,10,12,14H,7-8H2,1-2H3,(H,15,16). The first-order valence-corrected chi connectivity index (χ1v) is 5.75. The minimum atomic E-state index is 0.0977. The van der Waals surface area contributed by atoms with Gasteiger partial charge in [-0.15, -0.1) is 0 Å². The lowest BCUT2D eigenvalue weighted by Gasteiger charge is -2.14. The summed E-state index contributed by atoms with van der Waals surface area (Å²) in [5.74, 6) is 0.647. The largest absolute Gasteiger partial charge is 0.326 e. The molecule has 2 atom stereocenters. The van der Waals surface area contributed by atoms with Crippen LogP contribution in [0.5, 0.6) is 0 Å². The highest BCUT2D eigenvalue weighted by Gasteiger charge is 2.29. The SMILES string of the molecule is Cc1cccc(NC(=O)C2CNCC2C)c1. The smallest absolute Gasteiger partial charge is 0.229 e. The number of amides is 1. The van der Waals surface area contributed by atoms with Crippen LogP contribution in [-0.2, 0) is 4.79 Å². The van der Waals surface area contributed by atoms with Crippen LogP contribution in [0.1, 0.15) is 12.5 Å². The summed E-state index contributed by atoms with van der Waals surface area (Å²) in [5.41, 5.74) is 2.06. The number of anilines is 1. The van der Waals surface area contributed by atoms with Crippen molar-refractivity contribution >= 4 is 11.6 Å². The van der Waals surface area contributed by atoms with Gasteiger partial charge in [-0.3, -0.25) is 4.79 Å². The maximum Gasteiger partial charge on any atom is 0.229 e. The first-order valence-electron chi connectivity index (χ1n) is 5.75. The zero-order valence-corrected chi connectivity index (χ0v) is 9.79. The van der Waals surface area contributed by atoms with Gasteiger partial charge in [-0.25, -0.2) is 0 Å². The van der Waals surface area contributed by atoms with E-state index >= 15 is 0 Å². The Hall–Kier alpha value is -1.35. The number of aryl methyl sites for hydroxylation is 1. The molecule has 0 aromatic heterocycles. The van der Waals surface area contributed by atoms with E-state index in [-0.39, 0.29) is 11.8 Å². The Morgan fingerprint density at radius 1 is 1.44 bits per heavy atom. The van der Waals surface area contributed by atoms with Crippen molar-refractivity contribution in [1.29, 1.82) is 0 Å². The van der Waals surface area contributed by atoms with E-state index < -0.39 is 0 Å². The molecular weight excluding hydrogens is 200 g/mol. The van der Waals surface area contributed by atoms with Crippen molar-refractivity contribution in [3.63, 3.8) is 0 Å². The summed E-state index contributed by atoms with van der Waals surface area (Å²) >= 11 is 0. The molecule has 1 aromatic carbocycles. The van der Waals surface area contributed by atoms with Gasteiger partial charge in [0.25, 0.3) is 0 Å². The van der Waals surface area contributed by atoms with Crippen LogP contribution >= 0.6 is 0 Å². The zero-order chi connectivity index (χ0) is 11.5. The molecule has 1 aliphatic heterocycles. The van der Waals surface area contributed by atoms with Gasteiger partial charge < -0.3 is 10.6 Å². The third-order valence-electron chi connectivity index (χ3n) is 3.14. The average Bonchev–Trinajstić information content (AvgIpc) is 2.64. The average molecular weight is 218 g/mol. The van der Waals surface area contributed by atoms with E-state index in [1.165, 1.54) is 0 Å². The molecule has 2 N–H and O–H groups in total. The Morgan fingerprint density at radius 3 is 2.88 bits per heavy atom. The monoisotopic (exact) mass is 218 g/mol. The van der Waals surface area contributed by atoms with Gasteiger partial charge in [0.2, 0.25) is 5.91 Å². The molecule has 1 saturated heterocycles. The number of hydrogen-bond acceptors (Lipinski definition) is 2. The molecule has 2 unspecified atom stereocenters. The molecule has 0 aliphatic carbocycles. The van der Waals surface area contributed by atoms with E-state index in [1.807, 2.05) is 31.2 Å². The van der Waals surface area contributed by atoms with Crippen molar-refractivity contribution in [2.45, 2.75) is 13.8 Å². The fourth-order valence-electron chi connectivity index (χ4n) is 2.12. The highest BCUT2D eigenvalue weighted by Crippen LogP contribution is 2.18. The van der Waals surface area contributed by atoms with E-state index in [1.54, 1.807) is 0 Å². The minimum absolute atomic E-state index is 0.0977. The predicted octanol–water partition coefficient (Wildman–Crippen LogP) is 1.79. The molecule has 0 spiro atoms. The van der Waals surface area contributed by atoms with Gasteiger partial charge in [0.05, 0.1) is 5.92 Å². The molecule has 1 fully saturated rings. The van der Waals surface area contributed by atoms with Gasteiger partial charge in [0.15, 0.2) is 0 Å². The Bertz CT molecular complexity index is 389. The first-order chi connectivity index (χ1) is 7.66. The molecule has 16 heavy (non-hydrogen) atoms. The maximum absolute atomic E-state index is 12.0. The molecule has 1 heterocycles. The van der Waals surface area contributed by atoms with E-state index in [4.69, 9.17) is 0 Å². The summed E-state index contributed by atoms with van der Waals surface area (Å²) in [5, 5.41) is 6.22. The molecule has 1 aliphatic rings. The summed E-state index contributed by atoms with van der Waals surface area (Å²) in [6.07, 6.45) is 0. The zero-order valence-electron chi connectivity index (χ0n) is 9.79. The normalized spacial score (nSPS) is 24.4. The highest BCUT2D eigenvalue weighted by molar-refractivity contribution is 5.93. The maximum atomic E-state index is 12.0. The van der Waals surface area contributed by atoms with Crippen molar-refractivity contribution in [3.8, 4) is 0 Å². The summed E-state index contributed by atoms with van der Waals surface area (Å²) < 4.78 is 0. The van der Waals surface area contributed by atoms with E-state index in [2.05, 4.69) is 17.6 Å². The topological polar surface area (TPSA) is 41.1 Å². The first kappa shape index (κ1) is 11.1. The lowest BCUT2D eigenvalue weighted by molar-refractivity contribution is -0.120. The second-order valence-electron chi connectivity index (χ2n) is 4.60. The van der Waals surface area contributed by atoms with Gasteiger partial charge in [-0.1, -0.05) is 19.1 Å². The Labute approximate surface area is 96.2 Å². The third kappa shape index (κ3) is 2.42. The summed E-state index contributed by atoms with van der Waals surface area (Å²) in [6.45, 7) is 5.86. The second kappa shape index (κ2) is 4.66. The summed E-state index contributed by atoms with van der Waals surface area (Å²) in [7, 11) is 0. The van der Waals surface area contributed by atoms with E-state index in [9.17, 15) is 4.79 Å². The molecule has 0 radical (unpaired) electrons. The van der Waals surface area contributed by atoms with Gasteiger partial charge >= 0.3 is 0 Å². The molecule has 86 valence electrons. The van der Waals surface area contributed by atoms with E-state index in [0.29, 0.717) is 5.92 Å². The molecule has 2 rings (SSSR count).